The standard InChI is InChI=1S/C22H30N4O4.HI/c1-6-24-21(27)17-9-7-8-15(10-17)13-25-22(23-2)26-14-16-11-18(28-3)20(30-5)19(12-16)29-4;/h7-12H,6,13-14H2,1-5H3,(H,24,27)(H2,23,25,26);1H. The highest BCUT2D eigenvalue weighted by Crippen LogP contribution is 2.38. The number of carbonyl (C=O) groups excluding carboxylic acids is 1. The Morgan fingerprint density at radius 3 is 2.03 bits per heavy atom. The number of rotatable bonds is 9. The number of nitrogens with zero attached hydrogens (tertiary/aromatic N) is 1. The first kappa shape index (κ1) is 26.3. The molecule has 0 heterocycles. The van der Waals surface area contributed by atoms with Crippen LogP contribution >= 0.6 is 24.0 Å². The molecule has 2 aromatic rings. The van der Waals surface area contributed by atoms with Gasteiger partial charge in [0.2, 0.25) is 5.75 Å². The summed E-state index contributed by atoms with van der Waals surface area (Å²) in [6.07, 6.45) is 0. The van der Waals surface area contributed by atoms with E-state index in [1.807, 2.05) is 37.3 Å². The number of carbonyl (C=O) groups is 1. The molecule has 0 radical (unpaired) electrons. The van der Waals surface area contributed by atoms with Gasteiger partial charge in [-0.3, -0.25) is 9.79 Å². The number of hydrogen-bond donors (Lipinski definition) is 3. The maximum Gasteiger partial charge on any atom is 0.251 e. The summed E-state index contributed by atoms with van der Waals surface area (Å²) in [6.45, 7) is 3.53. The summed E-state index contributed by atoms with van der Waals surface area (Å²) in [5.41, 5.74) is 2.57. The zero-order valence-electron chi connectivity index (χ0n) is 18.6. The molecule has 0 saturated carbocycles. The van der Waals surface area contributed by atoms with Crippen molar-refractivity contribution in [3.8, 4) is 17.2 Å². The molecule has 2 rings (SSSR count). The van der Waals surface area contributed by atoms with Crippen molar-refractivity contribution in [2.24, 2.45) is 4.99 Å². The van der Waals surface area contributed by atoms with Crippen LogP contribution in [0.5, 0.6) is 17.2 Å². The maximum atomic E-state index is 12.0. The molecule has 170 valence electrons. The molecule has 0 spiro atoms. The largest absolute Gasteiger partial charge is 0.493 e. The smallest absolute Gasteiger partial charge is 0.251 e. The van der Waals surface area contributed by atoms with Crippen LogP contribution in [-0.2, 0) is 13.1 Å². The number of nitrogens with one attached hydrogen (secondary N) is 3. The van der Waals surface area contributed by atoms with Gasteiger partial charge in [-0.15, -0.1) is 24.0 Å². The third kappa shape index (κ3) is 7.50. The van der Waals surface area contributed by atoms with Gasteiger partial charge in [0.25, 0.3) is 5.91 Å². The Bertz CT molecular complexity index is 865. The number of ether oxygens (including phenoxy) is 3. The summed E-state index contributed by atoms with van der Waals surface area (Å²) in [6, 6.07) is 11.3. The first-order chi connectivity index (χ1) is 14.6. The minimum absolute atomic E-state index is 0. The normalized spacial score (nSPS) is 10.5. The highest BCUT2D eigenvalue weighted by molar-refractivity contribution is 14.0. The van der Waals surface area contributed by atoms with Crippen LogP contribution in [0, 0.1) is 0 Å². The lowest BCUT2D eigenvalue weighted by Gasteiger charge is -2.16. The van der Waals surface area contributed by atoms with Crippen LogP contribution in [0.15, 0.2) is 41.4 Å². The number of methoxy groups -OCH3 is 3. The molecule has 0 aliphatic rings. The monoisotopic (exact) mass is 542 g/mol. The lowest BCUT2D eigenvalue weighted by atomic mass is 10.1. The number of aliphatic imine (C=N–C) groups is 1. The van der Waals surface area contributed by atoms with E-state index in [2.05, 4.69) is 20.9 Å². The Kier molecular flexibility index (Phi) is 11.5. The van der Waals surface area contributed by atoms with Crippen LogP contribution in [-0.4, -0.2) is 46.8 Å². The van der Waals surface area contributed by atoms with Gasteiger partial charge in [0.05, 0.1) is 21.3 Å². The molecule has 0 aromatic heterocycles. The number of hydrogen-bond acceptors (Lipinski definition) is 5. The Morgan fingerprint density at radius 2 is 1.52 bits per heavy atom. The fourth-order valence-corrected chi connectivity index (χ4v) is 2.91. The summed E-state index contributed by atoms with van der Waals surface area (Å²) >= 11 is 0. The van der Waals surface area contributed by atoms with Gasteiger partial charge in [-0.25, -0.2) is 0 Å². The Balaban J connectivity index is 0.00000480. The third-order valence-corrected chi connectivity index (χ3v) is 4.39. The van der Waals surface area contributed by atoms with Crippen LogP contribution in [0.25, 0.3) is 0 Å². The van der Waals surface area contributed by atoms with Crippen molar-refractivity contribution in [1.82, 2.24) is 16.0 Å². The topological polar surface area (TPSA) is 93.2 Å². The quantitative estimate of drug-likeness (QED) is 0.257. The van der Waals surface area contributed by atoms with Crippen molar-refractivity contribution in [3.63, 3.8) is 0 Å². The first-order valence-electron chi connectivity index (χ1n) is 9.66. The molecule has 0 aliphatic carbocycles. The molecule has 3 N–H and O–H groups in total. The number of benzene rings is 2. The molecule has 0 fully saturated rings. The average molecular weight is 542 g/mol. The van der Waals surface area contributed by atoms with Gasteiger partial charge < -0.3 is 30.2 Å². The summed E-state index contributed by atoms with van der Waals surface area (Å²) in [4.78, 5) is 16.3. The fraction of sp³-hybridized carbons (Fsp3) is 0.364. The van der Waals surface area contributed by atoms with E-state index in [1.165, 1.54) is 0 Å². The Morgan fingerprint density at radius 1 is 0.903 bits per heavy atom. The van der Waals surface area contributed by atoms with Gasteiger partial charge in [0.1, 0.15) is 0 Å². The Hall–Kier alpha value is -2.69. The number of halogens is 1. The van der Waals surface area contributed by atoms with E-state index < -0.39 is 0 Å². The van der Waals surface area contributed by atoms with Crippen LogP contribution in [0.4, 0.5) is 0 Å². The second kappa shape index (κ2) is 13.6. The minimum atomic E-state index is -0.0794. The Labute approximate surface area is 200 Å². The van der Waals surface area contributed by atoms with Gasteiger partial charge >= 0.3 is 0 Å². The third-order valence-electron chi connectivity index (χ3n) is 4.39. The van der Waals surface area contributed by atoms with Crippen molar-refractivity contribution >= 4 is 35.8 Å². The van der Waals surface area contributed by atoms with E-state index in [0.29, 0.717) is 48.4 Å². The van der Waals surface area contributed by atoms with Crippen molar-refractivity contribution in [1.29, 1.82) is 0 Å². The zero-order chi connectivity index (χ0) is 21.9. The van der Waals surface area contributed by atoms with E-state index in [0.717, 1.165) is 11.1 Å². The highest BCUT2D eigenvalue weighted by Gasteiger charge is 2.13. The predicted molar refractivity (Wildman–Crippen MR) is 133 cm³/mol. The molecule has 31 heavy (non-hydrogen) atoms. The van der Waals surface area contributed by atoms with E-state index in [9.17, 15) is 4.79 Å². The van der Waals surface area contributed by atoms with Gasteiger partial charge in [-0.05, 0) is 42.3 Å². The lowest BCUT2D eigenvalue weighted by molar-refractivity contribution is 0.0955. The van der Waals surface area contributed by atoms with Crippen molar-refractivity contribution in [3.05, 3.63) is 53.1 Å². The molecule has 2 aromatic carbocycles. The van der Waals surface area contributed by atoms with E-state index >= 15 is 0 Å². The highest BCUT2D eigenvalue weighted by atomic mass is 127. The van der Waals surface area contributed by atoms with E-state index in [-0.39, 0.29) is 29.9 Å². The summed E-state index contributed by atoms with van der Waals surface area (Å²) < 4.78 is 16.1. The SMILES string of the molecule is CCNC(=O)c1cccc(CNC(=NC)NCc2cc(OC)c(OC)c(OC)c2)c1.I. The zero-order valence-corrected chi connectivity index (χ0v) is 20.9. The lowest BCUT2D eigenvalue weighted by Crippen LogP contribution is -2.36. The molecular formula is C22H31IN4O4. The molecule has 1 amide bonds. The average Bonchev–Trinajstić information content (AvgIpc) is 2.78. The number of guanidine groups is 1. The summed E-state index contributed by atoms with van der Waals surface area (Å²) in [5.74, 6) is 2.30. The molecule has 9 heteroatoms. The van der Waals surface area contributed by atoms with Gasteiger partial charge in [-0.1, -0.05) is 12.1 Å². The fourth-order valence-electron chi connectivity index (χ4n) is 2.91. The van der Waals surface area contributed by atoms with Crippen LogP contribution < -0.4 is 30.2 Å². The van der Waals surface area contributed by atoms with Crippen molar-refractivity contribution in [2.45, 2.75) is 20.0 Å². The second-order valence-corrected chi connectivity index (χ2v) is 6.37. The van der Waals surface area contributed by atoms with E-state index in [4.69, 9.17) is 14.2 Å². The molecular weight excluding hydrogens is 511 g/mol. The maximum absolute atomic E-state index is 12.0. The van der Waals surface area contributed by atoms with Gasteiger partial charge in [0, 0.05) is 32.2 Å². The second-order valence-electron chi connectivity index (χ2n) is 6.37. The summed E-state index contributed by atoms with van der Waals surface area (Å²) in [7, 11) is 6.45. The predicted octanol–water partition coefficient (Wildman–Crippen LogP) is 2.95. The van der Waals surface area contributed by atoms with E-state index in [1.54, 1.807) is 34.4 Å². The molecule has 0 atom stereocenters. The summed E-state index contributed by atoms with van der Waals surface area (Å²) in [5, 5.41) is 9.32. The van der Waals surface area contributed by atoms with Gasteiger partial charge in [0.15, 0.2) is 17.5 Å². The van der Waals surface area contributed by atoms with Gasteiger partial charge in [-0.2, -0.15) is 0 Å². The molecule has 0 saturated heterocycles. The van der Waals surface area contributed by atoms with Crippen LogP contribution in [0.3, 0.4) is 0 Å². The molecule has 8 nitrogen and oxygen atoms in total. The van der Waals surface area contributed by atoms with Crippen LogP contribution in [0.1, 0.15) is 28.4 Å². The van der Waals surface area contributed by atoms with Crippen molar-refractivity contribution in [2.75, 3.05) is 34.9 Å². The van der Waals surface area contributed by atoms with Crippen LogP contribution in [0.2, 0.25) is 0 Å². The molecule has 0 bridgehead atoms. The molecule has 0 unspecified atom stereocenters. The number of amides is 1. The minimum Gasteiger partial charge on any atom is -0.493 e. The first-order valence-corrected chi connectivity index (χ1v) is 9.66. The molecule has 0 aliphatic heterocycles. The van der Waals surface area contributed by atoms with Crippen molar-refractivity contribution < 1.29 is 19.0 Å².